The third-order valence-electron chi connectivity index (χ3n) is 3.59. The molecule has 1 aliphatic heterocycles. The number of amides is 1. The van der Waals surface area contributed by atoms with Crippen LogP contribution in [0.5, 0.6) is 5.88 Å². The van der Waals surface area contributed by atoms with Crippen molar-refractivity contribution in [2.45, 2.75) is 25.7 Å². The van der Waals surface area contributed by atoms with Crippen LogP contribution in [0.4, 0.5) is 10.3 Å². The van der Waals surface area contributed by atoms with Crippen molar-refractivity contribution in [3.63, 3.8) is 0 Å². The van der Waals surface area contributed by atoms with Gasteiger partial charge in [0.05, 0.1) is 13.3 Å². The minimum absolute atomic E-state index is 0.0362. The van der Waals surface area contributed by atoms with E-state index >= 15 is 0 Å². The summed E-state index contributed by atoms with van der Waals surface area (Å²) in [7, 11) is 1.38. The molecule has 2 rings (SSSR count). The predicted molar refractivity (Wildman–Crippen MR) is 71.9 cm³/mol. The Balaban J connectivity index is 1.91. The summed E-state index contributed by atoms with van der Waals surface area (Å²) in [6.45, 7) is 1.58. The minimum atomic E-state index is -0.562. The predicted octanol–water partition coefficient (Wildman–Crippen LogP) is 1.11. The zero-order valence-electron chi connectivity index (χ0n) is 11.5. The number of methoxy groups -OCH3 is 1. The molecule has 1 fully saturated rings. The van der Waals surface area contributed by atoms with Crippen LogP contribution in [0.25, 0.3) is 0 Å². The van der Waals surface area contributed by atoms with Crippen molar-refractivity contribution in [2.75, 3.05) is 25.1 Å². The van der Waals surface area contributed by atoms with Crippen LogP contribution in [0.1, 0.15) is 25.7 Å². The van der Waals surface area contributed by atoms with Gasteiger partial charge in [-0.2, -0.15) is 9.37 Å². The van der Waals surface area contributed by atoms with Gasteiger partial charge < -0.3 is 15.4 Å². The first-order chi connectivity index (χ1) is 9.60. The van der Waals surface area contributed by atoms with Crippen LogP contribution in [0.2, 0.25) is 0 Å². The molecule has 0 bridgehead atoms. The number of nitrogens with two attached hydrogens (primary N) is 1. The third-order valence-corrected chi connectivity index (χ3v) is 3.59. The molecule has 2 heterocycles. The fourth-order valence-corrected chi connectivity index (χ4v) is 2.41. The van der Waals surface area contributed by atoms with Gasteiger partial charge in [0, 0.05) is 19.5 Å². The minimum Gasteiger partial charge on any atom is -0.479 e. The van der Waals surface area contributed by atoms with E-state index in [4.69, 9.17) is 10.5 Å². The number of rotatable bonds is 5. The summed E-state index contributed by atoms with van der Waals surface area (Å²) in [5.41, 5.74) is 5.16. The Bertz CT molecular complexity index is 475. The highest BCUT2D eigenvalue weighted by molar-refractivity contribution is 5.73. The summed E-state index contributed by atoms with van der Waals surface area (Å²) in [6.07, 6.45) is 4.30. The van der Waals surface area contributed by atoms with Gasteiger partial charge in [-0.1, -0.05) is 0 Å². The summed E-state index contributed by atoms with van der Waals surface area (Å²) in [5.74, 6) is 0.134. The molecule has 1 saturated heterocycles. The maximum atomic E-state index is 13.3. The number of ether oxygens (including phenoxy) is 1. The van der Waals surface area contributed by atoms with Crippen LogP contribution in [-0.2, 0) is 4.79 Å². The first kappa shape index (κ1) is 14.5. The molecule has 0 atom stereocenters. The monoisotopic (exact) mass is 282 g/mol. The maximum Gasteiger partial charge on any atom is 0.255 e. The van der Waals surface area contributed by atoms with Crippen LogP contribution in [-0.4, -0.2) is 36.1 Å². The first-order valence-corrected chi connectivity index (χ1v) is 6.70. The summed E-state index contributed by atoms with van der Waals surface area (Å²) in [6, 6.07) is 0. The number of carbonyl (C=O) groups is 1. The van der Waals surface area contributed by atoms with E-state index in [0.29, 0.717) is 18.3 Å². The second-order valence-electron chi connectivity index (χ2n) is 4.96. The van der Waals surface area contributed by atoms with Crippen molar-refractivity contribution in [2.24, 2.45) is 11.7 Å². The maximum absolute atomic E-state index is 13.3. The van der Waals surface area contributed by atoms with E-state index in [1.165, 1.54) is 7.11 Å². The molecule has 0 saturated carbocycles. The molecule has 0 spiro atoms. The number of anilines is 1. The normalized spacial score (nSPS) is 16.2. The van der Waals surface area contributed by atoms with Crippen LogP contribution in [0.15, 0.2) is 6.20 Å². The number of piperidine rings is 1. The Hall–Kier alpha value is -1.92. The van der Waals surface area contributed by atoms with E-state index in [2.05, 4.69) is 9.97 Å². The van der Waals surface area contributed by atoms with Gasteiger partial charge in [0.25, 0.3) is 5.88 Å². The van der Waals surface area contributed by atoms with E-state index in [9.17, 15) is 9.18 Å². The van der Waals surface area contributed by atoms with Gasteiger partial charge >= 0.3 is 0 Å². The fourth-order valence-electron chi connectivity index (χ4n) is 2.41. The van der Waals surface area contributed by atoms with Crippen LogP contribution in [0.3, 0.4) is 0 Å². The van der Waals surface area contributed by atoms with Gasteiger partial charge in [-0.05, 0) is 25.2 Å². The van der Waals surface area contributed by atoms with E-state index < -0.39 is 5.82 Å². The summed E-state index contributed by atoms with van der Waals surface area (Å²) < 4.78 is 18.1. The average Bonchev–Trinajstić information content (AvgIpc) is 2.46. The molecule has 2 N–H and O–H groups in total. The Morgan fingerprint density at radius 1 is 1.55 bits per heavy atom. The zero-order chi connectivity index (χ0) is 14.5. The molecular weight excluding hydrogens is 263 g/mol. The molecule has 1 aromatic rings. The van der Waals surface area contributed by atoms with E-state index in [-0.39, 0.29) is 11.8 Å². The van der Waals surface area contributed by atoms with E-state index in [0.717, 1.165) is 38.5 Å². The molecule has 0 unspecified atom stereocenters. The van der Waals surface area contributed by atoms with Gasteiger partial charge in [-0.3, -0.25) is 4.79 Å². The number of carbonyl (C=O) groups excluding carboxylic acids is 1. The number of primary amides is 1. The van der Waals surface area contributed by atoms with Gasteiger partial charge in [0.2, 0.25) is 17.7 Å². The quantitative estimate of drug-likeness (QED) is 0.874. The van der Waals surface area contributed by atoms with Gasteiger partial charge in [-0.15, -0.1) is 0 Å². The number of hydrogen-bond donors (Lipinski definition) is 1. The van der Waals surface area contributed by atoms with E-state index in [1.54, 1.807) is 0 Å². The smallest absolute Gasteiger partial charge is 0.255 e. The first-order valence-electron chi connectivity index (χ1n) is 6.70. The summed E-state index contributed by atoms with van der Waals surface area (Å²) >= 11 is 0. The standard InChI is InChI=1S/C13H19FN4O2/c1-20-12-10(14)8-16-13(17-12)18-6-4-9(5-7-18)2-3-11(15)19/h8-9H,2-7H2,1H3,(H2,15,19). The Morgan fingerprint density at radius 3 is 2.85 bits per heavy atom. The Kier molecular flexibility index (Phi) is 4.70. The second-order valence-corrected chi connectivity index (χ2v) is 4.96. The molecule has 0 aromatic carbocycles. The lowest BCUT2D eigenvalue weighted by atomic mass is 9.92. The Morgan fingerprint density at radius 2 is 2.25 bits per heavy atom. The summed E-state index contributed by atoms with van der Waals surface area (Å²) in [4.78, 5) is 20.8. The topological polar surface area (TPSA) is 81.3 Å². The van der Waals surface area contributed by atoms with Gasteiger partial charge in [-0.25, -0.2) is 4.98 Å². The number of hydrogen-bond acceptors (Lipinski definition) is 5. The van der Waals surface area contributed by atoms with Crippen molar-refractivity contribution in [3.8, 4) is 5.88 Å². The highest BCUT2D eigenvalue weighted by Crippen LogP contribution is 2.25. The highest BCUT2D eigenvalue weighted by atomic mass is 19.1. The molecule has 20 heavy (non-hydrogen) atoms. The molecule has 1 aliphatic rings. The number of halogens is 1. The van der Waals surface area contributed by atoms with Crippen molar-refractivity contribution in [3.05, 3.63) is 12.0 Å². The molecule has 1 amide bonds. The lowest BCUT2D eigenvalue weighted by molar-refractivity contribution is -0.118. The largest absolute Gasteiger partial charge is 0.479 e. The van der Waals surface area contributed by atoms with Crippen molar-refractivity contribution in [1.29, 1.82) is 0 Å². The molecule has 6 nitrogen and oxygen atoms in total. The highest BCUT2D eigenvalue weighted by Gasteiger charge is 2.22. The third kappa shape index (κ3) is 3.55. The molecular formula is C13H19FN4O2. The Labute approximate surface area is 117 Å². The van der Waals surface area contributed by atoms with Crippen molar-refractivity contribution >= 4 is 11.9 Å². The molecule has 110 valence electrons. The number of nitrogens with zero attached hydrogens (tertiary/aromatic N) is 3. The fraction of sp³-hybridized carbons (Fsp3) is 0.615. The van der Waals surface area contributed by atoms with Crippen LogP contribution in [0, 0.1) is 11.7 Å². The molecule has 0 aliphatic carbocycles. The zero-order valence-corrected chi connectivity index (χ0v) is 11.5. The second kappa shape index (κ2) is 6.49. The van der Waals surface area contributed by atoms with Crippen LogP contribution >= 0.6 is 0 Å². The van der Waals surface area contributed by atoms with Gasteiger partial charge in [0.15, 0.2) is 0 Å². The van der Waals surface area contributed by atoms with Gasteiger partial charge in [0.1, 0.15) is 0 Å². The lowest BCUT2D eigenvalue weighted by Crippen LogP contribution is -2.35. The molecule has 0 radical (unpaired) electrons. The van der Waals surface area contributed by atoms with Crippen LogP contribution < -0.4 is 15.4 Å². The summed E-state index contributed by atoms with van der Waals surface area (Å²) in [5, 5.41) is 0. The molecule has 7 heteroatoms. The average molecular weight is 282 g/mol. The molecule has 1 aromatic heterocycles. The lowest BCUT2D eigenvalue weighted by Gasteiger charge is -2.31. The van der Waals surface area contributed by atoms with E-state index in [1.807, 2.05) is 4.90 Å². The SMILES string of the molecule is COc1nc(N2CCC(CCC(N)=O)CC2)ncc1F. The van der Waals surface area contributed by atoms with Crippen molar-refractivity contribution in [1.82, 2.24) is 9.97 Å². The number of aromatic nitrogens is 2. The van der Waals surface area contributed by atoms with Crippen molar-refractivity contribution < 1.29 is 13.9 Å².